The van der Waals surface area contributed by atoms with Gasteiger partial charge in [-0.1, -0.05) is 6.07 Å². The Morgan fingerprint density at radius 3 is 2.59 bits per heavy atom. The maximum absolute atomic E-state index is 12.3. The van der Waals surface area contributed by atoms with Crippen LogP contribution >= 0.6 is 0 Å². The Kier molecular flexibility index (Phi) is 4.75. The van der Waals surface area contributed by atoms with Crippen LogP contribution in [-0.2, 0) is 6.61 Å². The van der Waals surface area contributed by atoms with Crippen molar-refractivity contribution in [3.63, 3.8) is 0 Å². The molecule has 0 bridgehead atoms. The van der Waals surface area contributed by atoms with Crippen molar-refractivity contribution < 1.29 is 23.0 Å². The number of hydrogen-bond donors (Lipinski definition) is 1. The third-order valence-corrected chi connectivity index (χ3v) is 3.09. The van der Waals surface area contributed by atoms with Crippen LogP contribution in [0.25, 0.3) is 11.3 Å². The minimum Gasteiger partial charge on any atom is -0.484 e. The molecule has 1 aromatic heterocycles. The van der Waals surface area contributed by atoms with Crippen molar-refractivity contribution in [3.05, 3.63) is 36.0 Å². The molecule has 1 heterocycles. The monoisotopic (exact) mass is 314 g/mol. The van der Waals surface area contributed by atoms with E-state index in [1.165, 1.54) is 12.1 Å². The fourth-order valence-corrected chi connectivity index (χ4v) is 2.13. The van der Waals surface area contributed by atoms with Crippen LogP contribution in [0.2, 0.25) is 0 Å². The van der Waals surface area contributed by atoms with Gasteiger partial charge in [-0.25, -0.2) is 0 Å². The molecule has 22 heavy (non-hydrogen) atoms. The molecule has 0 saturated heterocycles. The quantitative estimate of drug-likeness (QED) is 0.918. The molecule has 2 rings (SSSR count). The van der Waals surface area contributed by atoms with E-state index in [1.54, 1.807) is 23.0 Å². The molecule has 0 atom stereocenters. The molecule has 4 nitrogen and oxygen atoms in total. The summed E-state index contributed by atoms with van der Waals surface area (Å²) in [5.74, 6) is 0.0982. The molecule has 0 radical (unpaired) electrons. The normalized spacial score (nSPS) is 12.0. The third-order valence-electron chi connectivity index (χ3n) is 3.09. The van der Waals surface area contributed by atoms with E-state index in [9.17, 15) is 18.3 Å². The minimum absolute atomic E-state index is 0.0799. The zero-order chi connectivity index (χ0) is 16.3. The van der Waals surface area contributed by atoms with Gasteiger partial charge in [-0.05, 0) is 37.6 Å². The van der Waals surface area contributed by atoms with Gasteiger partial charge in [0.15, 0.2) is 6.61 Å². The van der Waals surface area contributed by atoms with Crippen LogP contribution in [0, 0.1) is 0 Å². The average Bonchev–Trinajstić information content (AvgIpc) is 2.93. The SMILES string of the molecule is CC(C)n1nccc1-c1cc(OCC(F)(F)F)ccc1CO. The van der Waals surface area contributed by atoms with Gasteiger partial charge in [-0.2, -0.15) is 18.3 Å². The first kappa shape index (κ1) is 16.4. The van der Waals surface area contributed by atoms with E-state index in [-0.39, 0.29) is 18.4 Å². The molecular weight excluding hydrogens is 297 g/mol. The fraction of sp³-hybridized carbons (Fsp3) is 0.400. The number of aliphatic hydroxyl groups is 1. The lowest BCUT2D eigenvalue weighted by atomic mass is 10.0. The molecule has 0 amide bonds. The molecule has 0 unspecified atom stereocenters. The number of rotatable bonds is 5. The average molecular weight is 314 g/mol. The van der Waals surface area contributed by atoms with Crippen molar-refractivity contribution in [1.29, 1.82) is 0 Å². The Balaban J connectivity index is 2.38. The molecule has 0 aliphatic heterocycles. The standard InChI is InChI=1S/C15H17F3N2O2/c1-10(2)20-14(5-6-19-20)13-7-12(4-3-11(13)8-21)22-9-15(16,17)18/h3-7,10,21H,8-9H2,1-2H3. The maximum atomic E-state index is 12.3. The number of nitrogens with zero attached hydrogens (tertiary/aromatic N) is 2. The zero-order valence-corrected chi connectivity index (χ0v) is 12.3. The molecule has 1 aromatic carbocycles. The number of alkyl halides is 3. The minimum atomic E-state index is -4.39. The van der Waals surface area contributed by atoms with E-state index >= 15 is 0 Å². The number of benzene rings is 1. The van der Waals surface area contributed by atoms with E-state index in [0.29, 0.717) is 11.1 Å². The van der Waals surface area contributed by atoms with Gasteiger partial charge in [0.05, 0.1) is 12.3 Å². The number of hydrogen-bond acceptors (Lipinski definition) is 3. The van der Waals surface area contributed by atoms with Gasteiger partial charge in [-0.15, -0.1) is 0 Å². The first-order chi connectivity index (χ1) is 10.3. The van der Waals surface area contributed by atoms with Crippen LogP contribution in [0.5, 0.6) is 5.75 Å². The highest BCUT2D eigenvalue weighted by Gasteiger charge is 2.28. The van der Waals surface area contributed by atoms with Crippen LogP contribution in [0.3, 0.4) is 0 Å². The summed E-state index contributed by atoms with van der Waals surface area (Å²) in [6.07, 6.45) is -2.78. The third kappa shape index (κ3) is 3.79. The Hall–Kier alpha value is -2.02. The second-order valence-electron chi connectivity index (χ2n) is 5.14. The van der Waals surface area contributed by atoms with Gasteiger partial charge < -0.3 is 9.84 Å². The molecule has 0 saturated carbocycles. The summed E-state index contributed by atoms with van der Waals surface area (Å²) in [4.78, 5) is 0. The van der Waals surface area contributed by atoms with Gasteiger partial charge >= 0.3 is 6.18 Å². The summed E-state index contributed by atoms with van der Waals surface area (Å²) >= 11 is 0. The molecular formula is C15H17F3N2O2. The number of ether oxygens (including phenoxy) is 1. The van der Waals surface area contributed by atoms with Crippen molar-refractivity contribution in [1.82, 2.24) is 9.78 Å². The first-order valence-corrected chi connectivity index (χ1v) is 6.79. The summed E-state index contributed by atoms with van der Waals surface area (Å²) in [7, 11) is 0. The number of aromatic nitrogens is 2. The summed E-state index contributed by atoms with van der Waals surface area (Å²) in [5.41, 5.74) is 1.92. The molecule has 0 spiro atoms. The highest BCUT2D eigenvalue weighted by Crippen LogP contribution is 2.30. The van der Waals surface area contributed by atoms with Gasteiger partial charge in [0.2, 0.25) is 0 Å². The Morgan fingerprint density at radius 1 is 1.27 bits per heavy atom. The predicted molar refractivity (Wildman–Crippen MR) is 75.5 cm³/mol. The smallest absolute Gasteiger partial charge is 0.422 e. The fourth-order valence-electron chi connectivity index (χ4n) is 2.13. The van der Waals surface area contributed by atoms with Gasteiger partial charge in [0.25, 0.3) is 0 Å². The summed E-state index contributed by atoms with van der Waals surface area (Å²) in [6.45, 7) is 2.31. The summed E-state index contributed by atoms with van der Waals surface area (Å²) < 4.78 is 43.3. The number of halogens is 3. The van der Waals surface area contributed by atoms with Crippen molar-refractivity contribution in [3.8, 4) is 17.0 Å². The zero-order valence-electron chi connectivity index (χ0n) is 12.3. The lowest BCUT2D eigenvalue weighted by molar-refractivity contribution is -0.153. The second kappa shape index (κ2) is 6.39. The Labute approximate surface area is 126 Å². The Bertz CT molecular complexity index is 636. The van der Waals surface area contributed by atoms with Gasteiger partial charge in [-0.3, -0.25) is 4.68 Å². The lowest BCUT2D eigenvalue weighted by Gasteiger charge is -2.15. The molecule has 1 N–H and O–H groups in total. The van der Waals surface area contributed by atoms with Crippen molar-refractivity contribution in [2.45, 2.75) is 32.7 Å². The van der Waals surface area contributed by atoms with Crippen LogP contribution in [0.15, 0.2) is 30.5 Å². The molecule has 0 aliphatic carbocycles. The molecule has 7 heteroatoms. The van der Waals surface area contributed by atoms with E-state index < -0.39 is 12.8 Å². The summed E-state index contributed by atoms with van der Waals surface area (Å²) in [6, 6.07) is 6.29. The number of aliphatic hydroxyl groups excluding tert-OH is 1. The lowest BCUT2D eigenvalue weighted by Crippen LogP contribution is -2.19. The highest BCUT2D eigenvalue weighted by atomic mass is 19.4. The van der Waals surface area contributed by atoms with Crippen molar-refractivity contribution in [2.24, 2.45) is 0 Å². The van der Waals surface area contributed by atoms with E-state index in [1.807, 2.05) is 13.8 Å². The highest BCUT2D eigenvalue weighted by molar-refractivity contribution is 5.66. The molecule has 0 fully saturated rings. The predicted octanol–water partition coefficient (Wildman–Crippen LogP) is 3.56. The first-order valence-electron chi connectivity index (χ1n) is 6.79. The van der Waals surface area contributed by atoms with Crippen molar-refractivity contribution in [2.75, 3.05) is 6.61 Å². The largest absolute Gasteiger partial charge is 0.484 e. The Morgan fingerprint density at radius 2 is 2.00 bits per heavy atom. The summed E-state index contributed by atoms with van der Waals surface area (Å²) in [5, 5.41) is 13.6. The second-order valence-corrected chi connectivity index (χ2v) is 5.14. The van der Waals surface area contributed by atoms with E-state index in [2.05, 4.69) is 5.10 Å². The topological polar surface area (TPSA) is 47.3 Å². The van der Waals surface area contributed by atoms with Crippen molar-refractivity contribution >= 4 is 0 Å². The molecule has 120 valence electrons. The molecule has 2 aromatic rings. The van der Waals surface area contributed by atoms with Crippen LogP contribution in [0.4, 0.5) is 13.2 Å². The van der Waals surface area contributed by atoms with Gasteiger partial charge in [0, 0.05) is 17.8 Å². The van der Waals surface area contributed by atoms with E-state index in [4.69, 9.17) is 4.74 Å². The van der Waals surface area contributed by atoms with Crippen LogP contribution in [0.1, 0.15) is 25.5 Å². The van der Waals surface area contributed by atoms with Crippen LogP contribution in [-0.4, -0.2) is 27.7 Å². The van der Waals surface area contributed by atoms with Gasteiger partial charge in [0.1, 0.15) is 5.75 Å². The molecule has 0 aliphatic rings. The maximum Gasteiger partial charge on any atom is 0.422 e. The van der Waals surface area contributed by atoms with E-state index in [0.717, 1.165) is 5.69 Å². The van der Waals surface area contributed by atoms with Crippen LogP contribution < -0.4 is 4.74 Å².